The predicted molar refractivity (Wildman–Crippen MR) is 224 cm³/mol. The van der Waals surface area contributed by atoms with Crippen LogP contribution in [-0.2, 0) is 10.8 Å². The summed E-state index contributed by atoms with van der Waals surface area (Å²) in [6.07, 6.45) is 0. The average molecular weight is 686 g/mol. The lowest BCUT2D eigenvalue weighted by Gasteiger charge is -2.44. The summed E-state index contributed by atoms with van der Waals surface area (Å²) in [6, 6.07) is 55.7. The molecule has 0 aliphatic heterocycles. The lowest BCUT2D eigenvalue weighted by Crippen LogP contribution is -2.42. The van der Waals surface area contributed by atoms with Crippen LogP contribution >= 0.6 is 0 Å². The Morgan fingerprint density at radius 1 is 0.396 bits per heavy atom. The smallest absolute Gasteiger partial charge is 0.135 e. The van der Waals surface area contributed by atoms with Crippen molar-refractivity contribution in [3.8, 4) is 39.1 Å². The summed E-state index contributed by atoms with van der Waals surface area (Å²) in [6.45, 7) is 14.6. The van der Waals surface area contributed by atoms with Crippen LogP contribution in [0, 0.1) is 5.41 Å². The van der Waals surface area contributed by atoms with Gasteiger partial charge in [0.05, 0.1) is 11.0 Å². The lowest BCUT2D eigenvalue weighted by molar-refractivity contribution is 0.125. The van der Waals surface area contributed by atoms with Crippen LogP contribution in [0.2, 0.25) is 0 Å². The molecule has 0 fully saturated rings. The van der Waals surface area contributed by atoms with Gasteiger partial charge in [0.15, 0.2) is 0 Å². The first-order chi connectivity index (χ1) is 25.5. The Morgan fingerprint density at radius 2 is 0.962 bits per heavy atom. The molecule has 2 heterocycles. The maximum atomic E-state index is 6.28. The molecule has 0 N–H and O–H groups in total. The number of aromatic nitrogens is 1. The Balaban J connectivity index is 1.22. The maximum Gasteiger partial charge on any atom is 0.135 e. The number of para-hydroxylation sites is 2. The van der Waals surface area contributed by atoms with Crippen LogP contribution in [-0.4, -0.2) is 4.57 Å². The zero-order valence-corrected chi connectivity index (χ0v) is 31.3. The third-order valence-corrected chi connectivity index (χ3v) is 13.5. The monoisotopic (exact) mass is 685 g/mol. The molecular weight excluding hydrogens is 643 g/mol. The number of benzene rings is 7. The van der Waals surface area contributed by atoms with Gasteiger partial charge >= 0.3 is 0 Å². The standard InChI is InChI=1S/C51H43NO/c1-49(2)43-30-39(40(31-44(43)50(3,4)51(49,5)6)35-24-26-48-42(29-35)38-20-11-13-22-47(38)53-48)34-23-25-46-41(28-34)37-19-10-12-21-45(37)52(46)36-18-14-17-33(27-36)32-15-8-7-9-16-32/h7-31H,1-6H3. The molecule has 10 rings (SSSR count). The summed E-state index contributed by atoms with van der Waals surface area (Å²) < 4.78 is 8.71. The highest BCUT2D eigenvalue weighted by molar-refractivity contribution is 6.11. The number of hydrogen-bond donors (Lipinski definition) is 0. The number of nitrogens with zero attached hydrogens (tertiary/aromatic N) is 1. The van der Waals surface area contributed by atoms with Crippen molar-refractivity contribution in [2.45, 2.75) is 52.4 Å². The fourth-order valence-electron chi connectivity index (χ4n) is 9.33. The molecular formula is C51H43NO. The fourth-order valence-corrected chi connectivity index (χ4v) is 9.33. The summed E-state index contributed by atoms with van der Waals surface area (Å²) in [5, 5.41) is 4.82. The van der Waals surface area contributed by atoms with Crippen molar-refractivity contribution in [1.82, 2.24) is 4.57 Å². The minimum absolute atomic E-state index is 0.0167. The van der Waals surface area contributed by atoms with E-state index in [0.29, 0.717) is 0 Å². The Labute approximate surface area is 311 Å². The molecule has 0 amide bonds. The van der Waals surface area contributed by atoms with Gasteiger partial charge in [0, 0.05) is 27.2 Å². The Bertz CT molecular complexity index is 2910. The van der Waals surface area contributed by atoms with Crippen LogP contribution in [0.15, 0.2) is 156 Å². The van der Waals surface area contributed by atoms with Crippen molar-refractivity contribution in [3.63, 3.8) is 0 Å². The van der Waals surface area contributed by atoms with E-state index in [9.17, 15) is 0 Å². The zero-order chi connectivity index (χ0) is 36.3. The van der Waals surface area contributed by atoms with E-state index in [2.05, 4.69) is 192 Å². The largest absolute Gasteiger partial charge is 0.456 e. The van der Waals surface area contributed by atoms with E-state index in [1.165, 1.54) is 66.3 Å². The third-order valence-electron chi connectivity index (χ3n) is 13.5. The van der Waals surface area contributed by atoms with Crippen molar-refractivity contribution < 1.29 is 4.42 Å². The number of hydrogen-bond acceptors (Lipinski definition) is 1. The summed E-state index contributed by atoms with van der Waals surface area (Å²) in [7, 11) is 0. The number of furan rings is 1. The van der Waals surface area contributed by atoms with Crippen LogP contribution in [0.1, 0.15) is 52.7 Å². The molecule has 0 atom stereocenters. The average Bonchev–Trinajstić information content (AvgIpc) is 3.75. The van der Waals surface area contributed by atoms with Crippen LogP contribution < -0.4 is 0 Å². The van der Waals surface area contributed by atoms with Gasteiger partial charge in [-0.25, -0.2) is 0 Å². The van der Waals surface area contributed by atoms with Crippen molar-refractivity contribution >= 4 is 43.7 Å². The highest BCUT2D eigenvalue weighted by atomic mass is 16.3. The van der Waals surface area contributed by atoms with Crippen molar-refractivity contribution in [1.29, 1.82) is 0 Å². The van der Waals surface area contributed by atoms with E-state index in [0.717, 1.165) is 27.6 Å². The summed E-state index contributed by atoms with van der Waals surface area (Å²) >= 11 is 0. The van der Waals surface area contributed by atoms with E-state index in [1.54, 1.807) is 0 Å². The van der Waals surface area contributed by atoms with Crippen LogP contribution in [0.5, 0.6) is 0 Å². The molecule has 1 aliphatic rings. The zero-order valence-electron chi connectivity index (χ0n) is 31.3. The lowest BCUT2D eigenvalue weighted by atomic mass is 9.59. The van der Waals surface area contributed by atoms with Gasteiger partial charge in [-0.05, 0) is 121 Å². The van der Waals surface area contributed by atoms with Gasteiger partial charge in [0.1, 0.15) is 11.2 Å². The number of fused-ring (bicyclic) bond motifs is 7. The Morgan fingerprint density at radius 3 is 1.70 bits per heavy atom. The molecule has 2 aromatic heterocycles. The summed E-state index contributed by atoms with van der Waals surface area (Å²) in [5.74, 6) is 0. The molecule has 0 saturated carbocycles. The first kappa shape index (κ1) is 31.8. The predicted octanol–water partition coefficient (Wildman–Crippen LogP) is 14.3. The van der Waals surface area contributed by atoms with Crippen molar-refractivity contribution in [2.75, 3.05) is 0 Å². The molecule has 7 aromatic carbocycles. The molecule has 2 heteroatoms. The minimum Gasteiger partial charge on any atom is -0.456 e. The fraction of sp³-hybridized carbons (Fsp3) is 0.176. The quantitative estimate of drug-likeness (QED) is 0.180. The van der Waals surface area contributed by atoms with Crippen molar-refractivity contribution in [3.05, 3.63) is 163 Å². The Kier molecular flexibility index (Phi) is 6.65. The topological polar surface area (TPSA) is 18.1 Å². The molecule has 1 aliphatic carbocycles. The molecule has 0 radical (unpaired) electrons. The molecule has 0 spiro atoms. The highest BCUT2D eigenvalue weighted by Gasteiger charge is 2.57. The van der Waals surface area contributed by atoms with E-state index in [4.69, 9.17) is 4.42 Å². The molecule has 0 saturated heterocycles. The maximum absolute atomic E-state index is 6.28. The molecule has 0 bridgehead atoms. The molecule has 53 heavy (non-hydrogen) atoms. The Hall–Kier alpha value is -5.86. The first-order valence-corrected chi connectivity index (χ1v) is 18.8. The van der Waals surface area contributed by atoms with Gasteiger partial charge in [0.25, 0.3) is 0 Å². The first-order valence-electron chi connectivity index (χ1n) is 18.8. The molecule has 9 aromatic rings. The van der Waals surface area contributed by atoms with E-state index in [-0.39, 0.29) is 16.2 Å². The van der Waals surface area contributed by atoms with E-state index >= 15 is 0 Å². The van der Waals surface area contributed by atoms with E-state index in [1.807, 2.05) is 6.07 Å². The van der Waals surface area contributed by atoms with Crippen LogP contribution in [0.4, 0.5) is 0 Å². The van der Waals surface area contributed by atoms with Gasteiger partial charge in [0.2, 0.25) is 0 Å². The number of rotatable bonds is 4. The minimum atomic E-state index is -0.0201. The second-order valence-corrected chi connectivity index (χ2v) is 16.6. The normalized spacial score (nSPS) is 15.8. The van der Waals surface area contributed by atoms with Crippen LogP contribution in [0.3, 0.4) is 0 Å². The van der Waals surface area contributed by atoms with Crippen LogP contribution in [0.25, 0.3) is 82.8 Å². The van der Waals surface area contributed by atoms with Gasteiger partial charge in [-0.15, -0.1) is 0 Å². The van der Waals surface area contributed by atoms with Gasteiger partial charge in [-0.3, -0.25) is 0 Å². The summed E-state index contributed by atoms with van der Waals surface area (Å²) in [5.41, 5.74) is 15.7. The van der Waals surface area contributed by atoms with Crippen molar-refractivity contribution in [2.24, 2.45) is 5.41 Å². The third kappa shape index (κ3) is 4.45. The molecule has 258 valence electrons. The second kappa shape index (κ2) is 11.1. The molecule has 2 nitrogen and oxygen atoms in total. The SMILES string of the molecule is CC1(C)c2cc(-c3ccc4oc5ccccc5c4c3)c(-c3ccc4c(c3)c3ccccc3n4-c3cccc(-c4ccccc4)c3)cc2C(C)(C)C1(C)C. The van der Waals surface area contributed by atoms with Gasteiger partial charge in [-0.1, -0.05) is 133 Å². The highest BCUT2D eigenvalue weighted by Crippen LogP contribution is 2.62. The molecule has 0 unspecified atom stereocenters. The van der Waals surface area contributed by atoms with Gasteiger partial charge < -0.3 is 8.98 Å². The second-order valence-electron chi connectivity index (χ2n) is 16.6. The van der Waals surface area contributed by atoms with E-state index < -0.39 is 0 Å². The van der Waals surface area contributed by atoms with Gasteiger partial charge in [-0.2, -0.15) is 0 Å². The summed E-state index contributed by atoms with van der Waals surface area (Å²) in [4.78, 5) is 0.